The van der Waals surface area contributed by atoms with Crippen molar-refractivity contribution in [2.75, 3.05) is 39.1 Å². The first kappa shape index (κ1) is 13.3. The standard InChI is InChI=1S/C14H20N4O2/c1-15-14-10(4-3-5-16-14)6-18-7-11-12(8-18)20-9-13(19)17(11)2/h3-5,11-12H,6-9H2,1-2H3,(H,15,16)/t11-,12-/m0/s1. The topological polar surface area (TPSA) is 57.7 Å². The first-order chi connectivity index (χ1) is 9.69. The molecule has 1 aromatic rings. The Kier molecular flexibility index (Phi) is 3.58. The predicted molar refractivity (Wildman–Crippen MR) is 75.4 cm³/mol. The van der Waals surface area contributed by atoms with Gasteiger partial charge in [-0.3, -0.25) is 9.69 Å². The van der Waals surface area contributed by atoms with Crippen LogP contribution in [0.3, 0.4) is 0 Å². The Bertz CT molecular complexity index is 508. The summed E-state index contributed by atoms with van der Waals surface area (Å²) in [5.41, 5.74) is 1.17. The van der Waals surface area contributed by atoms with Crippen LogP contribution in [0.25, 0.3) is 0 Å². The number of aromatic nitrogens is 1. The van der Waals surface area contributed by atoms with E-state index in [9.17, 15) is 4.79 Å². The van der Waals surface area contributed by atoms with Crippen LogP contribution in [0, 0.1) is 0 Å². The summed E-state index contributed by atoms with van der Waals surface area (Å²) in [6.45, 7) is 2.74. The Balaban J connectivity index is 1.70. The minimum atomic E-state index is 0.0744. The molecule has 0 aromatic carbocycles. The van der Waals surface area contributed by atoms with Gasteiger partial charge >= 0.3 is 0 Å². The van der Waals surface area contributed by atoms with E-state index in [4.69, 9.17) is 4.74 Å². The van der Waals surface area contributed by atoms with Crippen LogP contribution < -0.4 is 5.32 Å². The summed E-state index contributed by atoms with van der Waals surface area (Å²) in [6, 6.07) is 4.20. The van der Waals surface area contributed by atoms with Crippen molar-refractivity contribution in [2.24, 2.45) is 0 Å². The highest BCUT2D eigenvalue weighted by Gasteiger charge is 2.41. The van der Waals surface area contributed by atoms with Crippen molar-refractivity contribution in [3.63, 3.8) is 0 Å². The number of likely N-dealkylation sites (tertiary alicyclic amines) is 1. The number of carbonyl (C=O) groups excluding carboxylic acids is 1. The molecule has 2 fully saturated rings. The van der Waals surface area contributed by atoms with Gasteiger partial charge in [-0.1, -0.05) is 6.07 Å². The summed E-state index contributed by atoms with van der Waals surface area (Å²) in [5.74, 6) is 0.984. The number of ether oxygens (including phenoxy) is 1. The van der Waals surface area contributed by atoms with Crippen molar-refractivity contribution in [1.82, 2.24) is 14.8 Å². The number of hydrogen-bond donors (Lipinski definition) is 1. The van der Waals surface area contributed by atoms with Crippen molar-refractivity contribution in [2.45, 2.75) is 18.7 Å². The molecule has 0 spiro atoms. The normalized spacial score (nSPS) is 26.7. The number of pyridine rings is 1. The SMILES string of the molecule is CNc1ncccc1CN1C[C@@H]2OCC(=O)N(C)[C@H]2C1. The third-order valence-electron chi connectivity index (χ3n) is 4.15. The fraction of sp³-hybridized carbons (Fsp3) is 0.571. The third kappa shape index (κ3) is 2.36. The molecule has 6 heteroatoms. The molecule has 3 heterocycles. The zero-order valence-corrected chi connectivity index (χ0v) is 11.9. The van der Waals surface area contributed by atoms with Gasteiger partial charge in [-0.2, -0.15) is 0 Å². The summed E-state index contributed by atoms with van der Waals surface area (Å²) >= 11 is 0. The molecule has 2 aliphatic rings. The van der Waals surface area contributed by atoms with E-state index >= 15 is 0 Å². The monoisotopic (exact) mass is 276 g/mol. The van der Waals surface area contributed by atoms with Crippen molar-refractivity contribution >= 4 is 11.7 Å². The van der Waals surface area contributed by atoms with Crippen molar-refractivity contribution in [1.29, 1.82) is 0 Å². The fourth-order valence-corrected chi connectivity index (χ4v) is 2.99. The molecule has 6 nitrogen and oxygen atoms in total. The van der Waals surface area contributed by atoms with Crippen LogP contribution in [0.2, 0.25) is 0 Å². The number of nitrogens with zero attached hydrogens (tertiary/aromatic N) is 3. The van der Waals surface area contributed by atoms with Crippen LogP contribution in [-0.2, 0) is 16.1 Å². The zero-order valence-electron chi connectivity index (χ0n) is 11.9. The predicted octanol–water partition coefficient (Wildman–Crippen LogP) is 0.165. The number of hydrogen-bond acceptors (Lipinski definition) is 5. The van der Waals surface area contributed by atoms with E-state index in [1.165, 1.54) is 5.56 Å². The van der Waals surface area contributed by atoms with E-state index in [-0.39, 0.29) is 24.7 Å². The summed E-state index contributed by atoms with van der Waals surface area (Å²) in [6.07, 6.45) is 1.92. The molecule has 0 aliphatic carbocycles. The average molecular weight is 276 g/mol. The van der Waals surface area contributed by atoms with E-state index in [2.05, 4.69) is 21.3 Å². The number of morpholine rings is 1. The lowest BCUT2D eigenvalue weighted by Crippen LogP contribution is -2.51. The number of likely N-dealkylation sites (N-methyl/N-ethyl adjacent to an activating group) is 1. The van der Waals surface area contributed by atoms with E-state index < -0.39 is 0 Å². The van der Waals surface area contributed by atoms with Gasteiger partial charge in [-0.25, -0.2) is 4.98 Å². The molecular formula is C14H20N4O2. The zero-order chi connectivity index (χ0) is 14.1. The minimum Gasteiger partial charge on any atom is -0.373 e. The van der Waals surface area contributed by atoms with Gasteiger partial charge in [0.05, 0.1) is 12.1 Å². The first-order valence-corrected chi connectivity index (χ1v) is 6.90. The summed E-state index contributed by atoms with van der Waals surface area (Å²) < 4.78 is 5.64. The van der Waals surface area contributed by atoms with Gasteiger partial charge in [-0.15, -0.1) is 0 Å². The quantitative estimate of drug-likeness (QED) is 0.852. The van der Waals surface area contributed by atoms with E-state index in [0.717, 1.165) is 25.5 Å². The Labute approximate surface area is 118 Å². The van der Waals surface area contributed by atoms with E-state index in [0.29, 0.717) is 0 Å². The summed E-state index contributed by atoms with van der Waals surface area (Å²) in [5, 5.41) is 3.11. The first-order valence-electron chi connectivity index (χ1n) is 6.90. The third-order valence-corrected chi connectivity index (χ3v) is 4.15. The number of nitrogens with one attached hydrogen (secondary N) is 1. The van der Waals surface area contributed by atoms with Gasteiger partial charge in [0.1, 0.15) is 12.4 Å². The van der Waals surface area contributed by atoms with Gasteiger partial charge in [0, 0.05) is 45.5 Å². The second-order valence-electron chi connectivity index (χ2n) is 5.38. The van der Waals surface area contributed by atoms with Crippen LogP contribution in [0.1, 0.15) is 5.56 Å². The lowest BCUT2D eigenvalue weighted by Gasteiger charge is -2.33. The molecule has 2 saturated heterocycles. The van der Waals surface area contributed by atoms with Gasteiger partial charge in [0.25, 0.3) is 0 Å². The maximum atomic E-state index is 11.7. The molecule has 20 heavy (non-hydrogen) atoms. The van der Waals surface area contributed by atoms with Gasteiger partial charge in [0.2, 0.25) is 5.91 Å². The Hall–Kier alpha value is -1.66. The van der Waals surface area contributed by atoms with Gasteiger partial charge in [-0.05, 0) is 6.07 Å². The molecule has 0 bridgehead atoms. The smallest absolute Gasteiger partial charge is 0.248 e. The lowest BCUT2D eigenvalue weighted by molar-refractivity contribution is -0.150. The average Bonchev–Trinajstić information content (AvgIpc) is 2.87. The molecule has 2 atom stereocenters. The van der Waals surface area contributed by atoms with Crippen LogP contribution >= 0.6 is 0 Å². The van der Waals surface area contributed by atoms with E-state index in [1.54, 1.807) is 6.20 Å². The largest absolute Gasteiger partial charge is 0.373 e. The Morgan fingerprint density at radius 2 is 2.35 bits per heavy atom. The number of rotatable bonds is 3. The molecule has 1 N–H and O–H groups in total. The maximum Gasteiger partial charge on any atom is 0.248 e. The Morgan fingerprint density at radius 1 is 1.50 bits per heavy atom. The molecule has 3 rings (SSSR count). The lowest BCUT2D eigenvalue weighted by atomic mass is 10.1. The van der Waals surface area contributed by atoms with Gasteiger partial charge in [0.15, 0.2) is 0 Å². The minimum absolute atomic E-state index is 0.0744. The second-order valence-corrected chi connectivity index (χ2v) is 5.38. The molecule has 1 amide bonds. The van der Waals surface area contributed by atoms with Crippen molar-refractivity contribution in [3.05, 3.63) is 23.9 Å². The van der Waals surface area contributed by atoms with Crippen LogP contribution in [-0.4, -0.2) is 66.6 Å². The molecular weight excluding hydrogens is 256 g/mol. The fourth-order valence-electron chi connectivity index (χ4n) is 2.99. The molecule has 108 valence electrons. The molecule has 0 radical (unpaired) electrons. The molecule has 2 aliphatic heterocycles. The molecule has 0 unspecified atom stereocenters. The summed E-state index contributed by atoms with van der Waals surface area (Å²) in [4.78, 5) is 20.1. The molecule has 0 saturated carbocycles. The number of amides is 1. The number of fused-ring (bicyclic) bond motifs is 1. The maximum absolute atomic E-state index is 11.7. The van der Waals surface area contributed by atoms with Crippen LogP contribution in [0.15, 0.2) is 18.3 Å². The van der Waals surface area contributed by atoms with Gasteiger partial charge < -0.3 is 15.0 Å². The number of anilines is 1. The second kappa shape index (κ2) is 5.38. The Morgan fingerprint density at radius 3 is 3.15 bits per heavy atom. The summed E-state index contributed by atoms with van der Waals surface area (Å²) in [7, 11) is 3.75. The van der Waals surface area contributed by atoms with Crippen LogP contribution in [0.4, 0.5) is 5.82 Å². The van der Waals surface area contributed by atoms with Crippen molar-refractivity contribution in [3.8, 4) is 0 Å². The number of carbonyl (C=O) groups is 1. The highest BCUT2D eigenvalue weighted by molar-refractivity contribution is 5.78. The highest BCUT2D eigenvalue weighted by Crippen LogP contribution is 2.24. The van der Waals surface area contributed by atoms with Crippen LogP contribution in [0.5, 0.6) is 0 Å². The van der Waals surface area contributed by atoms with Crippen molar-refractivity contribution < 1.29 is 9.53 Å². The van der Waals surface area contributed by atoms with E-state index in [1.807, 2.05) is 25.1 Å². The highest BCUT2D eigenvalue weighted by atomic mass is 16.5. The molecule has 1 aromatic heterocycles.